The third-order valence-corrected chi connectivity index (χ3v) is 3.99. The molecule has 0 spiro atoms. The highest BCUT2D eigenvalue weighted by atomic mass is 14.2. The lowest BCUT2D eigenvalue weighted by molar-refractivity contribution is 0.279. The van der Waals surface area contributed by atoms with Crippen LogP contribution in [0.4, 0.5) is 0 Å². The van der Waals surface area contributed by atoms with E-state index >= 15 is 0 Å². The Hall–Kier alpha value is 0. The summed E-state index contributed by atoms with van der Waals surface area (Å²) in [6.45, 7) is 11.5. The van der Waals surface area contributed by atoms with Crippen molar-refractivity contribution in [3.8, 4) is 0 Å². The Labute approximate surface area is 97.8 Å². The summed E-state index contributed by atoms with van der Waals surface area (Å²) in [5.74, 6) is 2.93. The minimum Gasteiger partial charge on any atom is -0.0651 e. The van der Waals surface area contributed by atoms with Gasteiger partial charge in [-0.15, -0.1) is 0 Å². The molecule has 1 saturated carbocycles. The highest BCUT2D eigenvalue weighted by Crippen LogP contribution is 2.29. The van der Waals surface area contributed by atoms with Gasteiger partial charge in [-0.1, -0.05) is 79.6 Å². The van der Waals surface area contributed by atoms with Crippen molar-refractivity contribution in [3.05, 3.63) is 0 Å². The third-order valence-electron chi connectivity index (χ3n) is 3.99. The molecule has 0 radical (unpaired) electrons. The fraction of sp³-hybridized carbons (Fsp3) is 1.00. The molecule has 1 aliphatic rings. The van der Waals surface area contributed by atoms with E-state index < -0.39 is 0 Å². The van der Waals surface area contributed by atoms with Crippen molar-refractivity contribution in [2.45, 2.75) is 79.6 Å². The van der Waals surface area contributed by atoms with Crippen LogP contribution in [0.25, 0.3) is 0 Å². The Balaban J connectivity index is 0.000000288. The van der Waals surface area contributed by atoms with Gasteiger partial charge in [0.2, 0.25) is 0 Å². The number of hydrogen-bond donors (Lipinski definition) is 0. The van der Waals surface area contributed by atoms with Crippen LogP contribution in [0.1, 0.15) is 79.6 Å². The Morgan fingerprint density at radius 2 is 1.33 bits per heavy atom. The van der Waals surface area contributed by atoms with Crippen molar-refractivity contribution >= 4 is 0 Å². The maximum Gasteiger partial charge on any atom is -0.0391 e. The first kappa shape index (κ1) is 15.0. The lowest BCUT2D eigenvalue weighted by Crippen LogP contribution is -2.12. The standard InChI is InChI=1S/C9H18.C6H14/c1-8(2)9-6-4-3-5-7-9;1-4-6(3)5-2/h8-9H,3-7H2,1-2H3;6H,4-5H2,1-3H3. The highest BCUT2D eigenvalue weighted by molar-refractivity contribution is 4.67. The molecule has 1 aliphatic carbocycles. The smallest absolute Gasteiger partial charge is 0.0391 e. The molecular weight excluding hydrogens is 180 g/mol. The van der Waals surface area contributed by atoms with Crippen LogP contribution in [0.5, 0.6) is 0 Å². The lowest BCUT2D eigenvalue weighted by Gasteiger charge is -2.24. The van der Waals surface area contributed by atoms with Gasteiger partial charge in [-0.05, 0) is 17.8 Å². The van der Waals surface area contributed by atoms with E-state index in [1.54, 1.807) is 0 Å². The number of hydrogen-bond acceptors (Lipinski definition) is 0. The Bertz CT molecular complexity index is 116. The van der Waals surface area contributed by atoms with E-state index in [0.29, 0.717) is 0 Å². The van der Waals surface area contributed by atoms with E-state index in [4.69, 9.17) is 0 Å². The van der Waals surface area contributed by atoms with Gasteiger partial charge in [0.25, 0.3) is 0 Å². The van der Waals surface area contributed by atoms with Crippen molar-refractivity contribution in [1.82, 2.24) is 0 Å². The second-order valence-electron chi connectivity index (χ2n) is 5.56. The first-order valence-corrected chi connectivity index (χ1v) is 7.11. The first-order chi connectivity index (χ1) is 7.11. The zero-order chi connectivity index (χ0) is 11.7. The molecule has 0 aliphatic heterocycles. The average Bonchev–Trinajstić information content (AvgIpc) is 2.30. The molecule has 0 N–H and O–H groups in total. The lowest BCUT2D eigenvalue weighted by atomic mass is 9.82. The molecule has 0 aromatic heterocycles. The van der Waals surface area contributed by atoms with Crippen LogP contribution in [-0.2, 0) is 0 Å². The molecule has 0 heterocycles. The van der Waals surface area contributed by atoms with Gasteiger partial charge in [0, 0.05) is 0 Å². The van der Waals surface area contributed by atoms with Gasteiger partial charge in [-0.3, -0.25) is 0 Å². The van der Waals surface area contributed by atoms with Crippen molar-refractivity contribution in [1.29, 1.82) is 0 Å². The summed E-state index contributed by atoms with van der Waals surface area (Å²) < 4.78 is 0. The van der Waals surface area contributed by atoms with Crippen LogP contribution in [-0.4, -0.2) is 0 Å². The summed E-state index contributed by atoms with van der Waals surface area (Å²) in [5, 5.41) is 0. The predicted octanol–water partition coefficient (Wildman–Crippen LogP) is 5.67. The summed E-state index contributed by atoms with van der Waals surface area (Å²) in [6, 6.07) is 0. The molecule has 15 heavy (non-hydrogen) atoms. The molecule has 0 atom stereocenters. The quantitative estimate of drug-likeness (QED) is 0.566. The summed E-state index contributed by atoms with van der Waals surface area (Å²) in [4.78, 5) is 0. The van der Waals surface area contributed by atoms with E-state index in [1.165, 1.54) is 44.9 Å². The highest BCUT2D eigenvalue weighted by Gasteiger charge is 2.15. The average molecular weight is 212 g/mol. The summed E-state index contributed by atoms with van der Waals surface area (Å²) in [7, 11) is 0. The Morgan fingerprint density at radius 3 is 1.53 bits per heavy atom. The molecule has 1 rings (SSSR count). The Morgan fingerprint density at radius 1 is 0.867 bits per heavy atom. The minimum atomic E-state index is 0.935. The molecule has 0 bridgehead atoms. The van der Waals surface area contributed by atoms with E-state index in [1.807, 2.05) is 0 Å². The molecular formula is C15H32. The second kappa shape index (κ2) is 9.24. The largest absolute Gasteiger partial charge is 0.0651 e. The molecule has 0 nitrogen and oxygen atoms in total. The van der Waals surface area contributed by atoms with Crippen LogP contribution in [0, 0.1) is 17.8 Å². The molecule has 0 aromatic carbocycles. The molecule has 0 amide bonds. The third kappa shape index (κ3) is 7.88. The van der Waals surface area contributed by atoms with Gasteiger partial charge in [-0.25, -0.2) is 0 Å². The van der Waals surface area contributed by atoms with E-state index in [2.05, 4.69) is 34.6 Å². The van der Waals surface area contributed by atoms with Crippen LogP contribution in [0.2, 0.25) is 0 Å². The van der Waals surface area contributed by atoms with Crippen LogP contribution in [0.15, 0.2) is 0 Å². The topological polar surface area (TPSA) is 0 Å². The van der Waals surface area contributed by atoms with Crippen LogP contribution < -0.4 is 0 Å². The second-order valence-corrected chi connectivity index (χ2v) is 5.56. The zero-order valence-corrected chi connectivity index (χ0v) is 11.7. The summed E-state index contributed by atoms with van der Waals surface area (Å²) in [6.07, 6.45) is 10.1. The van der Waals surface area contributed by atoms with Gasteiger partial charge in [0.05, 0.1) is 0 Å². The van der Waals surface area contributed by atoms with Crippen molar-refractivity contribution in [3.63, 3.8) is 0 Å². The first-order valence-electron chi connectivity index (χ1n) is 7.11. The predicted molar refractivity (Wildman–Crippen MR) is 71.2 cm³/mol. The monoisotopic (exact) mass is 212 g/mol. The minimum absolute atomic E-state index is 0.935. The van der Waals surface area contributed by atoms with Crippen LogP contribution >= 0.6 is 0 Å². The Kier molecular flexibility index (Phi) is 9.24. The molecule has 0 aromatic rings. The normalized spacial score (nSPS) is 17.8. The fourth-order valence-corrected chi connectivity index (χ4v) is 2.09. The van der Waals surface area contributed by atoms with E-state index in [9.17, 15) is 0 Å². The van der Waals surface area contributed by atoms with Gasteiger partial charge >= 0.3 is 0 Å². The van der Waals surface area contributed by atoms with E-state index in [0.717, 1.165) is 17.8 Å². The van der Waals surface area contributed by atoms with Gasteiger partial charge in [-0.2, -0.15) is 0 Å². The fourth-order valence-electron chi connectivity index (χ4n) is 2.09. The molecule has 1 fully saturated rings. The van der Waals surface area contributed by atoms with Crippen molar-refractivity contribution < 1.29 is 0 Å². The number of rotatable bonds is 3. The molecule has 0 unspecified atom stereocenters. The summed E-state index contributed by atoms with van der Waals surface area (Å²) >= 11 is 0. The maximum absolute atomic E-state index is 2.36. The van der Waals surface area contributed by atoms with Crippen molar-refractivity contribution in [2.24, 2.45) is 17.8 Å². The SMILES string of the molecule is CC(C)C1CCCCC1.CCC(C)CC. The van der Waals surface area contributed by atoms with Gasteiger partial charge in [0.15, 0.2) is 0 Å². The maximum atomic E-state index is 2.36. The zero-order valence-electron chi connectivity index (χ0n) is 11.7. The molecule has 0 heteroatoms. The van der Waals surface area contributed by atoms with E-state index in [-0.39, 0.29) is 0 Å². The van der Waals surface area contributed by atoms with Crippen LogP contribution in [0.3, 0.4) is 0 Å². The molecule has 0 saturated heterocycles. The van der Waals surface area contributed by atoms with Crippen molar-refractivity contribution in [2.75, 3.05) is 0 Å². The van der Waals surface area contributed by atoms with Gasteiger partial charge in [0.1, 0.15) is 0 Å². The van der Waals surface area contributed by atoms with Gasteiger partial charge < -0.3 is 0 Å². The summed E-state index contributed by atoms with van der Waals surface area (Å²) in [5.41, 5.74) is 0. The molecule has 92 valence electrons.